The van der Waals surface area contributed by atoms with Crippen molar-refractivity contribution in [3.8, 4) is 0 Å². The van der Waals surface area contributed by atoms with Crippen LogP contribution in [0, 0.1) is 11.6 Å². The molecule has 1 saturated heterocycles. The van der Waals surface area contributed by atoms with Crippen molar-refractivity contribution in [2.75, 3.05) is 18.4 Å². The van der Waals surface area contributed by atoms with Gasteiger partial charge in [-0.15, -0.1) is 5.10 Å². The maximum absolute atomic E-state index is 13.4. The van der Waals surface area contributed by atoms with E-state index in [1.807, 2.05) is 0 Å². The van der Waals surface area contributed by atoms with E-state index >= 15 is 0 Å². The quantitative estimate of drug-likeness (QED) is 0.877. The van der Waals surface area contributed by atoms with Gasteiger partial charge < -0.3 is 10.6 Å². The summed E-state index contributed by atoms with van der Waals surface area (Å²) in [5.41, 5.74) is -0.171. The largest absolute Gasteiger partial charge is 0.318 e. The van der Waals surface area contributed by atoms with Crippen LogP contribution < -0.4 is 10.6 Å². The first-order valence-corrected chi connectivity index (χ1v) is 6.03. The molecular formula is C12H11F2N5O. The number of anilines is 1. The smallest absolute Gasteiger partial charge is 0.277 e. The Labute approximate surface area is 112 Å². The van der Waals surface area contributed by atoms with Gasteiger partial charge in [0, 0.05) is 13.1 Å². The second-order valence-electron chi connectivity index (χ2n) is 4.45. The standard InChI is InChI=1S/C12H11F2N5O/c13-8-2-1-3-9(11(8)14)16-12(20)10-6-19(18-17-10)7-4-15-5-7/h1-3,6-7,15H,4-5H2,(H,16,20). The molecule has 1 aromatic carbocycles. The number of carbonyl (C=O) groups excluding carboxylic acids is 1. The van der Waals surface area contributed by atoms with Crippen LogP contribution in [0.1, 0.15) is 16.5 Å². The summed E-state index contributed by atoms with van der Waals surface area (Å²) in [6, 6.07) is 3.74. The van der Waals surface area contributed by atoms with Crippen LogP contribution in [0.15, 0.2) is 24.4 Å². The molecule has 0 spiro atoms. The van der Waals surface area contributed by atoms with Crippen molar-refractivity contribution in [1.29, 1.82) is 0 Å². The molecule has 1 fully saturated rings. The average Bonchev–Trinajstić information content (AvgIpc) is 2.82. The zero-order valence-electron chi connectivity index (χ0n) is 10.3. The van der Waals surface area contributed by atoms with Gasteiger partial charge in [0.15, 0.2) is 17.3 Å². The molecule has 0 bridgehead atoms. The van der Waals surface area contributed by atoms with E-state index in [0.717, 1.165) is 19.2 Å². The van der Waals surface area contributed by atoms with E-state index in [1.54, 1.807) is 4.68 Å². The first-order chi connectivity index (χ1) is 9.65. The Hall–Kier alpha value is -2.35. The molecule has 0 unspecified atom stereocenters. The number of carbonyl (C=O) groups is 1. The van der Waals surface area contributed by atoms with Gasteiger partial charge in [0.05, 0.1) is 17.9 Å². The van der Waals surface area contributed by atoms with E-state index in [0.29, 0.717) is 0 Å². The Bertz CT molecular complexity index is 653. The third-order valence-corrected chi connectivity index (χ3v) is 3.08. The van der Waals surface area contributed by atoms with Crippen LogP contribution in [0.3, 0.4) is 0 Å². The Kier molecular flexibility index (Phi) is 3.15. The summed E-state index contributed by atoms with van der Waals surface area (Å²) in [5, 5.41) is 12.9. The molecule has 8 heteroatoms. The van der Waals surface area contributed by atoms with Crippen LogP contribution in [0.25, 0.3) is 0 Å². The fourth-order valence-electron chi connectivity index (χ4n) is 1.81. The van der Waals surface area contributed by atoms with Gasteiger partial charge in [0.2, 0.25) is 0 Å². The lowest BCUT2D eigenvalue weighted by Gasteiger charge is -2.26. The summed E-state index contributed by atoms with van der Waals surface area (Å²) in [6.45, 7) is 1.53. The van der Waals surface area contributed by atoms with Crippen molar-refractivity contribution in [3.05, 3.63) is 41.7 Å². The van der Waals surface area contributed by atoms with Gasteiger partial charge in [0.1, 0.15) is 0 Å². The van der Waals surface area contributed by atoms with Crippen LogP contribution in [-0.2, 0) is 0 Å². The number of hydrogen-bond acceptors (Lipinski definition) is 4. The molecule has 0 radical (unpaired) electrons. The van der Waals surface area contributed by atoms with Crippen LogP contribution >= 0.6 is 0 Å². The predicted octanol–water partition coefficient (Wildman–Crippen LogP) is 0.953. The third-order valence-electron chi connectivity index (χ3n) is 3.08. The molecule has 6 nitrogen and oxygen atoms in total. The second-order valence-corrected chi connectivity index (χ2v) is 4.45. The van der Waals surface area contributed by atoms with Crippen LogP contribution in [0.2, 0.25) is 0 Å². The highest BCUT2D eigenvalue weighted by Crippen LogP contribution is 2.17. The highest BCUT2D eigenvalue weighted by molar-refractivity contribution is 6.02. The number of halogens is 2. The molecule has 2 heterocycles. The van der Waals surface area contributed by atoms with Gasteiger partial charge in [-0.1, -0.05) is 11.3 Å². The molecule has 0 aliphatic carbocycles. The molecule has 3 rings (SSSR count). The Morgan fingerprint density at radius 1 is 1.40 bits per heavy atom. The lowest BCUT2D eigenvalue weighted by molar-refractivity contribution is 0.102. The lowest BCUT2D eigenvalue weighted by atomic mass is 10.2. The number of benzene rings is 1. The summed E-state index contributed by atoms with van der Waals surface area (Å²) in [6.07, 6.45) is 1.48. The van der Waals surface area contributed by atoms with Crippen molar-refractivity contribution in [1.82, 2.24) is 20.3 Å². The van der Waals surface area contributed by atoms with Crippen molar-refractivity contribution >= 4 is 11.6 Å². The van der Waals surface area contributed by atoms with E-state index in [1.165, 1.54) is 18.3 Å². The van der Waals surface area contributed by atoms with Crippen molar-refractivity contribution < 1.29 is 13.6 Å². The monoisotopic (exact) mass is 279 g/mol. The fraction of sp³-hybridized carbons (Fsp3) is 0.250. The lowest BCUT2D eigenvalue weighted by Crippen LogP contribution is -2.43. The summed E-state index contributed by atoms with van der Waals surface area (Å²) in [5.74, 6) is -2.75. The Balaban J connectivity index is 1.75. The van der Waals surface area contributed by atoms with Gasteiger partial charge in [-0.25, -0.2) is 13.5 Å². The third kappa shape index (κ3) is 2.25. The van der Waals surface area contributed by atoms with Gasteiger partial charge in [-0.05, 0) is 12.1 Å². The molecule has 104 valence electrons. The molecule has 2 N–H and O–H groups in total. The number of aromatic nitrogens is 3. The van der Waals surface area contributed by atoms with Crippen molar-refractivity contribution in [3.63, 3.8) is 0 Å². The minimum atomic E-state index is -1.10. The van der Waals surface area contributed by atoms with Crippen LogP contribution in [0.5, 0.6) is 0 Å². The molecule has 20 heavy (non-hydrogen) atoms. The predicted molar refractivity (Wildman–Crippen MR) is 66.2 cm³/mol. The van der Waals surface area contributed by atoms with E-state index in [4.69, 9.17) is 0 Å². The molecule has 1 aliphatic rings. The zero-order valence-corrected chi connectivity index (χ0v) is 10.3. The molecule has 2 aromatic rings. The molecule has 1 aliphatic heterocycles. The van der Waals surface area contributed by atoms with Crippen LogP contribution in [-0.4, -0.2) is 34.0 Å². The van der Waals surface area contributed by atoms with Crippen LogP contribution in [0.4, 0.5) is 14.5 Å². The zero-order chi connectivity index (χ0) is 14.1. The number of amides is 1. The van der Waals surface area contributed by atoms with Gasteiger partial charge in [-0.2, -0.15) is 0 Å². The maximum atomic E-state index is 13.4. The molecule has 0 atom stereocenters. The van der Waals surface area contributed by atoms with E-state index < -0.39 is 17.5 Å². The summed E-state index contributed by atoms with van der Waals surface area (Å²) < 4.78 is 28.0. The van der Waals surface area contributed by atoms with Crippen molar-refractivity contribution in [2.24, 2.45) is 0 Å². The molecule has 1 aromatic heterocycles. The summed E-state index contributed by atoms with van der Waals surface area (Å²) >= 11 is 0. The molecule has 0 saturated carbocycles. The van der Waals surface area contributed by atoms with E-state index in [9.17, 15) is 13.6 Å². The minimum absolute atomic E-state index is 0.0561. The van der Waals surface area contributed by atoms with E-state index in [2.05, 4.69) is 20.9 Å². The molecule has 1 amide bonds. The van der Waals surface area contributed by atoms with Gasteiger partial charge in [-0.3, -0.25) is 4.79 Å². The number of hydrogen-bond donors (Lipinski definition) is 2. The van der Waals surface area contributed by atoms with Gasteiger partial charge >= 0.3 is 0 Å². The van der Waals surface area contributed by atoms with Crippen molar-refractivity contribution in [2.45, 2.75) is 6.04 Å². The Morgan fingerprint density at radius 2 is 2.20 bits per heavy atom. The number of nitrogens with one attached hydrogen (secondary N) is 2. The minimum Gasteiger partial charge on any atom is -0.318 e. The summed E-state index contributed by atoms with van der Waals surface area (Å²) in [4.78, 5) is 11.9. The highest BCUT2D eigenvalue weighted by Gasteiger charge is 2.22. The SMILES string of the molecule is O=C(Nc1cccc(F)c1F)c1cn(C2CNC2)nn1. The second kappa shape index (κ2) is 4.97. The topological polar surface area (TPSA) is 71.8 Å². The Morgan fingerprint density at radius 3 is 2.90 bits per heavy atom. The molecular weight excluding hydrogens is 268 g/mol. The summed E-state index contributed by atoms with van der Waals surface area (Å²) in [7, 11) is 0. The first-order valence-electron chi connectivity index (χ1n) is 6.03. The number of nitrogens with zero attached hydrogens (tertiary/aromatic N) is 3. The van der Waals surface area contributed by atoms with E-state index in [-0.39, 0.29) is 17.4 Å². The van der Waals surface area contributed by atoms with Gasteiger partial charge in [0.25, 0.3) is 5.91 Å². The fourth-order valence-corrected chi connectivity index (χ4v) is 1.81. The number of rotatable bonds is 3. The average molecular weight is 279 g/mol. The normalized spacial score (nSPS) is 14.9. The maximum Gasteiger partial charge on any atom is 0.277 e. The highest BCUT2D eigenvalue weighted by atomic mass is 19.2. The first kappa shape index (κ1) is 12.7.